The van der Waals surface area contributed by atoms with E-state index in [1.807, 2.05) is 47.9 Å². The number of carbonyl (C=O) groups is 2. The van der Waals surface area contributed by atoms with Gasteiger partial charge in [0, 0.05) is 79.0 Å². The second kappa shape index (κ2) is 13.9. The molecule has 250 valence electrons. The van der Waals surface area contributed by atoms with E-state index in [9.17, 15) is 9.59 Å². The van der Waals surface area contributed by atoms with Gasteiger partial charge in [-0.05, 0) is 87.2 Å². The molecule has 0 saturated carbocycles. The zero-order valence-corrected chi connectivity index (χ0v) is 27.6. The number of nitrogens with two attached hydrogens (primary N) is 2. The third-order valence-corrected chi connectivity index (χ3v) is 9.47. The minimum Gasteiger partial charge on any atom is -0.475 e. The van der Waals surface area contributed by atoms with Gasteiger partial charge in [0.15, 0.2) is 0 Å². The Morgan fingerprint density at radius 3 is 2.58 bits per heavy atom. The van der Waals surface area contributed by atoms with Crippen LogP contribution in [0.2, 0.25) is 0 Å². The van der Waals surface area contributed by atoms with Crippen LogP contribution in [0.25, 0.3) is 5.57 Å². The van der Waals surface area contributed by atoms with Crippen molar-refractivity contribution in [3.8, 4) is 5.88 Å². The summed E-state index contributed by atoms with van der Waals surface area (Å²) in [6, 6.07) is 17.2. The molecule has 6 N–H and O–H groups in total. The number of rotatable bonds is 10. The first kappa shape index (κ1) is 32.8. The van der Waals surface area contributed by atoms with Crippen LogP contribution in [-0.2, 0) is 9.59 Å². The van der Waals surface area contributed by atoms with Crippen LogP contribution in [-0.4, -0.2) is 77.7 Å². The van der Waals surface area contributed by atoms with E-state index in [-0.39, 0.29) is 23.6 Å². The maximum Gasteiger partial charge on any atom is 0.237 e. The van der Waals surface area contributed by atoms with Crippen LogP contribution in [0, 0.1) is 10.8 Å². The van der Waals surface area contributed by atoms with Crippen molar-refractivity contribution in [1.82, 2.24) is 14.8 Å². The maximum absolute atomic E-state index is 13.9. The van der Waals surface area contributed by atoms with Crippen LogP contribution in [0.15, 0.2) is 79.3 Å². The van der Waals surface area contributed by atoms with E-state index in [4.69, 9.17) is 21.6 Å². The largest absolute Gasteiger partial charge is 0.475 e. The van der Waals surface area contributed by atoms with Gasteiger partial charge in [0.1, 0.15) is 0 Å². The summed E-state index contributed by atoms with van der Waals surface area (Å²) in [5.74, 6) is 0.665. The first-order chi connectivity index (χ1) is 23.2. The normalized spacial score (nSPS) is 19.8. The van der Waals surface area contributed by atoms with Crippen molar-refractivity contribution in [3.05, 3.63) is 96.0 Å². The molecule has 2 amide bonds. The quantitative estimate of drug-likeness (QED) is 0.186. The Hall–Kier alpha value is -5.16. The molecule has 2 saturated heterocycles. The molecule has 3 aromatic rings. The summed E-state index contributed by atoms with van der Waals surface area (Å²) < 4.78 is 5.63. The summed E-state index contributed by atoms with van der Waals surface area (Å²) in [7, 11) is 0. The Bertz CT molecular complexity index is 1730. The molecule has 0 radical (unpaired) electrons. The number of hydrogen-bond acceptors (Lipinski definition) is 9. The molecule has 1 spiro atoms. The van der Waals surface area contributed by atoms with Gasteiger partial charge in [-0.1, -0.05) is 18.2 Å². The second-order valence-corrected chi connectivity index (χ2v) is 13.0. The van der Waals surface area contributed by atoms with Gasteiger partial charge >= 0.3 is 0 Å². The van der Waals surface area contributed by atoms with Crippen molar-refractivity contribution in [1.29, 1.82) is 5.41 Å². The second-order valence-electron chi connectivity index (χ2n) is 13.0. The topological polar surface area (TPSA) is 154 Å². The molecule has 1 atom stereocenters. The molecule has 11 nitrogen and oxygen atoms in total. The lowest BCUT2D eigenvalue weighted by Gasteiger charge is -2.29. The van der Waals surface area contributed by atoms with Crippen LogP contribution < -0.4 is 26.4 Å². The van der Waals surface area contributed by atoms with Gasteiger partial charge in [0.05, 0.1) is 23.8 Å². The predicted molar refractivity (Wildman–Crippen MR) is 190 cm³/mol. The first-order valence-electron chi connectivity index (χ1n) is 16.5. The lowest BCUT2D eigenvalue weighted by atomic mass is 9.85. The molecule has 4 heterocycles. The van der Waals surface area contributed by atoms with Crippen molar-refractivity contribution >= 4 is 40.2 Å². The fourth-order valence-corrected chi connectivity index (χ4v) is 6.84. The van der Waals surface area contributed by atoms with Gasteiger partial charge in [-0.2, -0.15) is 0 Å². The number of ether oxygens (including phenoxy) is 1. The van der Waals surface area contributed by atoms with E-state index in [0.717, 1.165) is 36.2 Å². The van der Waals surface area contributed by atoms with Gasteiger partial charge in [0.2, 0.25) is 17.7 Å². The number of nitrogens with zero attached hydrogens (tertiary/aromatic N) is 4. The van der Waals surface area contributed by atoms with E-state index in [1.54, 1.807) is 30.6 Å². The Labute approximate surface area is 281 Å². The summed E-state index contributed by atoms with van der Waals surface area (Å²) in [6.45, 7) is 7.29. The van der Waals surface area contributed by atoms with Gasteiger partial charge in [-0.15, -0.1) is 0 Å². The predicted octanol–water partition coefficient (Wildman–Crippen LogP) is 4.45. The number of pyridine rings is 1. The highest BCUT2D eigenvalue weighted by atomic mass is 16.5. The Kier molecular flexibility index (Phi) is 9.49. The zero-order chi connectivity index (χ0) is 33.8. The Morgan fingerprint density at radius 1 is 1.10 bits per heavy atom. The van der Waals surface area contributed by atoms with Crippen molar-refractivity contribution < 1.29 is 14.3 Å². The minimum absolute atomic E-state index is 0.00280. The smallest absolute Gasteiger partial charge is 0.237 e. The standard InChI is InChI=1S/C37H44N8O3/c1-25(2)48-33-10-5-28(22-42-33)35(40)31-21-30(8-9-32(31)39)45-20-14-37(36(45)47)13-19-43(24-37)23-34(46)44-17-11-27(12-18-44)26-3-6-29(7-4-26)41-16-15-38/h3-11,15-16,21-22,25,40-41H,12-14,17-20,23-24,38-39H2,1-2H3/b16-15-,40-35?/t37-/m0/s1. The first-order valence-corrected chi connectivity index (χ1v) is 16.5. The number of likely N-dealkylation sites (tertiary alicyclic amines) is 1. The van der Waals surface area contributed by atoms with Crippen molar-refractivity contribution in [3.63, 3.8) is 0 Å². The number of carbonyl (C=O) groups excluding carboxylic acids is 2. The summed E-state index contributed by atoms with van der Waals surface area (Å²) in [5, 5.41) is 11.9. The third kappa shape index (κ3) is 6.91. The number of amides is 2. The molecule has 1 aromatic heterocycles. The molecule has 0 bridgehead atoms. The average molecular weight is 649 g/mol. The number of anilines is 3. The highest BCUT2D eigenvalue weighted by molar-refractivity contribution is 6.14. The number of hydrogen-bond donors (Lipinski definition) is 4. The summed E-state index contributed by atoms with van der Waals surface area (Å²) in [5.41, 5.74) is 17.1. The highest BCUT2D eigenvalue weighted by Gasteiger charge is 2.51. The Balaban J connectivity index is 1.05. The molecule has 0 unspecified atom stereocenters. The lowest BCUT2D eigenvalue weighted by molar-refractivity contribution is -0.132. The van der Waals surface area contributed by atoms with Crippen LogP contribution in [0.4, 0.5) is 17.1 Å². The fourth-order valence-electron chi connectivity index (χ4n) is 6.84. The maximum atomic E-state index is 13.9. The van der Waals surface area contributed by atoms with E-state index in [1.165, 1.54) is 11.8 Å². The molecule has 3 aliphatic rings. The van der Waals surface area contributed by atoms with E-state index in [2.05, 4.69) is 33.4 Å². The molecule has 2 fully saturated rings. The number of nitrogen functional groups attached to an aromatic ring is 1. The van der Waals surface area contributed by atoms with Gasteiger partial charge in [-0.25, -0.2) is 4.98 Å². The summed E-state index contributed by atoms with van der Waals surface area (Å²) in [6.07, 6.45) is 9.14. The fraction of sp³-hybridized carbons (Fsp3) is 0.351. The van der Waals surface area contributed by atoms with Crippen LogP contribution in [0.5, 0.6) is 5.88 Å². The summed E-state index contributed by atoms with van der Waals surface area (Å²) >= 11 is 0. The lowest BCUT2D eigenvalue weighted by Crippen LogP contribution is -2.43. The monoisotopic (exact) mass is 648 g/mol. The van der Waals surface area contributed by atoms with E-state index in [0.29, 0.717) is 62.0 Å². The van der Waals surface area contributed by atoms with E-state index < -0.39 is 5.41 Å². The van der Waals surface area contributed by atoms with Gasteiger partial charge in [0.25, 0.3) is 0 Å². The number of nitrogens with one attached hydrogen (secondary N) is 2. The summed E-state index contributed by atoms with van der Waals surface area (Å²) in [4.78, 5) is 37.4. The SMILES string of the molecule is CC(C)Oc1ccc(C(=N)c2cc(N3CC[C@]4(CCN(CC(=O)N5CC=C(c6ccc(N/C=C\N)cc6)CC5)C4)C3=O)ccc2N)cn1. The van der Waals surface area contributed by atoms with Crippen molar-refractivity contribution in [2.75, 3.05) is 55.2 Å². The van der Waals surface area contributed by atoms with Crippen LogP contribution in [0.3, 0.4) is 0 Å². The third-order valence-electron chi connectivity index (χ3n) is 9.47. The van der Waals surface area contributed by atoms with Crippen molar-refractivity contribution in [2.45, 2.75) is 39.2 Å². The number of aromatic nitrogens is 1. The van der Waals surface area contributed by atoms with Gasteiger partial charge < -0.3 is 31.3 Å². The molecular weight excluding hydrogens is 604 g/mol. The zero-order valence-electron chi connectivity index (χ0n) is 27.6. The molecular formula is C37H44N8O3. The molecule has 3 aliphatic heterocycles. The average Bonchev–Trinajstić information content (AvgIpc) is 3.65. The molecule has 2 aromatic carbocycles. The highest BCUT2D eigenvalue weighted by Crippen LogP contribution is 2.43. The van der Waals surface area contributed by atoms with Crippen LogP contribution in [0.1, 0.15) is 49.8 Å². The molecule has 48 heavy (non-hydrogen) atoms. The van der Waals surface area contributed by atoms with Crippen LogP contribution >= 0.6 is 0 Å². The molecule has 6 rings (SSSR count). The molecule has 0 aliphatic carbocycles. The van der Waals surface area contributed by atoms with Gasteiger partial charge in [-0.3, -0.25) is 19.9 Å². The Morgan fingerprint density at radius 2 is 1.90 bits per heavy atom. The van der Waals surface area contributed by atoms with Crippen molar-refractivity contribution in [2.24, 2.45) is 11.1 Å². The van der Waals surface area contributed by atoms with E-state index >= 15 is 0 Å². The number of benzene rings is 2. The molecule has 11 heteroatoms. The minimum atomic E-state index is -0.512.